The van der Waals surface area contributed by atoms with Crippen LogP contribution in [-0.4, -0.2) is 83.1 Å². The highest BCUT2D eigenvalue weighted by molar-refractivity contribution is 7.21. The Balaban J connectivity index is 1.23. The highest BCUT2D eigenvalue weighted by Crippen LogP contribution is 2.43. The van der Waals surface area contributed by atoms with Gasteiger partial charge in [0.2, 0.25) is 5.95 Å². The van der Waals surface area contributed by atoms with E-state index in [0.717, 1.165) is 52.3 Å². The average Bonchev–Trinajstić information content (AvgIpc) is 3.62. The molecule has 3 aromatic heterocycles. The molecule has 10 nitrogen and oxygen atoms in total. The highest BCUT2D eigenvalue weighted by Gasteiger charge is 2.37. The van der Waals surface area contributed by atoms with Gasteiger partial charge in [0.1, 0.15) is 12.4 Å². The summed E-state index contributed by atoms with van der Waals surface area (Å²) in [5.74, 6) is 1.51. The van der Waals surface area contributed by atoms with Crippen LogP contribution in [-0.2, 0) is 4.74 Å². The van der Waals surface area contributed by atoms with E-state index >= 15 is 0 Å². The summed E-state index contributed by atoms with van der Waals surface area (Å²) in [5.41, 5.74) is 2.95. The zero-order chi connectivity index (χ0) is 24.8. The van der Waals surface area contributed by atoms with Crippen LogP contribution in [0.2, 0.25) is 0 Å². The first-order valence-electron chi connectivity index (χ1n) is 12.4. The van der Waals surface area contributed by atoms with Crippen molar-refractivity contribution in [2.24, 2.45) is 0 Å². The van der Waals surface area contributed by atoms with Crippen LogP contribution >= 0.6 is 11.3 Å². The molecule has 0 bridgehead atoms. The lowest BCUT2D eigenvalue weighted by Gasteiger charge is -2.36. The van der Waals surface area contributed by atoms with Crippen molar-refractivity contribution in [1.29, 1.82) is 0 Å². The molecule has 2 amide bonds. The van der Waals surface area contributed by atoms with Gasteiger partial charge in [-0.1, -0.05) is 12.8 Å². The van der Waals surface area contributed by atoms with E-state index in [1.165, 1.54) is 24.2 Å². The van der Waals surface area contributed by atoms with Crippen molar-refractivity contribution < 1.29 is 14.3 Å². The number of rotatable bonds is 5. The van der Waals surface area contributed by atoms with Crippen LogP contribution in [0.5, 0.6) is 0 Å². The molecule has 11 heteroatoms. The maximum Gasteiger partial charge on any atom is 0.410 e. The number of aromatic nitrogens is 3. The first-order valence-corrected chi connectivity index (χ1v) is 13.2. The number of amides is 2. The lowest BCUT2D eigenvalue weighted by atomic mass is 9.96. The predicted molar refractivity (Wildman–Crippen MR) is 138 cm³/mol. The molecular weight excluding hydrogens is 478 g/mol. The van der Waals surface area contributed by atoms with Gasteiger partial charge >= 0.3 is 6.09 Å². The fourth-order valence-electron chi connectivity index (χ4n) is 5.41. The fourth-order valence-corrected chi connectivity index (χ4v) is 6.63. The molecule has 3 fully saturated rings. The lowest BCUT2D eigenvalue weighted by molar-refractivity contribution is 0.0831. The zero-order valence-electron chi connectivity index (χ0n) is 20.4. The second-order valence-electron chi connectivity index (χ2n) is 9.83. The van der Waals surface area contributed by atoms with Crippen LogP contribution in [0.15, 0.2) is 24.5 Å². The van der Waals surface area contributed by atoms with E-state index in [2.05, 4.69) is 20.2 Å². The van der Waals surface area contributed by atoms with Crippen LogP contribution in [0.4, 0.5) is 22.2 Å². The quantitative estimate of drug-likeness (QED) is 0.556. The van der Waals surface area contributed by atoms with Gasteiger partial charge in [-0.05, 0) is 30.9 Å². The molecule has 2 saturated heterocycles. The molecule has 0 unspecified atom stereocenters. The van der Waals surface area contributed by atoms with Crippen molar-refractivity contribution in [2.75, 3.05) is 50.6 Å². The molecule has 1 atom stereocenters. The van der Waals surface area contributed by atoms with E-state index in [1.807, 2.05) is 18.3 Å². The molecular formula is C25H29N7O3S. The minimum Gasteiger partial charge on any atom is -0.447 e. The first kappa shape index (κ1) is 23.0. The number of hydrogen-bond donors (Lipinski definition) is 1. The van der Waals surface area contributed by atoms with Gasteiger partial charge in [0.25, 0.3) is 5.91 Å². The number of carbonyl (C=O) groups excluding carboxylic acids is 2. The van der Waals surface area contributed by atoms with Crippen LogP contribution in [0, 0.1) is 0 Å². The van der Waals surface area contributed by atoms with E-state index in [1.54, 1.807) is 30.1 Å². The molecule has 1 N–H and O–H groups in total. The smallest absolute Gasteiger partial charge is 0.410 e. The van der Waals surface area contributed by atoms with Crippen LogP contribution in [0.1, 0.15) is 46.8 Å². The Hall–Kier alpha value is -3.47. The molecule has 36 heavy (non-hydrogen) atoms. The Kier molecular flexibility index (Phi) is 5.87. The Morgan fingerprint density at radius 2 is 2.00 bits per heavy atom. The summed E-state index contributed by atoms with van der Waals surface area (Å²) in [4.78, 5) is 45.1. The van der Waals surface area contributed by atoms with Crippen molar-refractivity contribution in [1.82, 2.24) is 24.8 Å². The summed E-state index contributed by atoms with van der Waals surface area (Å²) in [6, 6.07) is 4.02. The number of anilines is 3. The van der Waals surface area contributed by atoms with Crippen LogP contribution in [0.3, 0.4) is 0 Å². The third-order valence-electron chi connectivity index (χ3n) is 7.30. The van der Waals surface area contributed by atoms with Gasteiger partial charge < -0.3 is 19.9 Å². The third kappa shape index (κ3) is 4.11. The summed E-state index contributed by atoms with van der Waals surface area (Å²) in [6.07, 6.45) is 7.96. The Morgan fingerprint density at radius 3 is 2.75 bits per heavy atom. The van der Waals surface area contributed by atoms with Gasteiger partial charge in [0, 0.05) is 39.3 Å². The third-order valence-corrected chi connectivity index (χ3v) is 8.42. The topological polar surface area (TPSA) is 104 Å². The van der Waals surface area contributed by atoms with Crippen LogP contribution < -0.4 is 10.2 Å². The standard InChI is InChI=1S/C25H29N7O3S/c1-30(2)23(33)22-20(15-5-3-4-6-15)21-18(36-22)12-27-24(29-21)28-19-8-7-16(11-26-19)31-9-10-32-17(13-31)14-35-25(32)34/h7-8,11-12,15,17H,3-6,9-10,13-14H2,1-2H3,(H,26,27,28,29)/t17-/m0/s1. The number of ether oxygens (including phenoxy) is 1. The van der Waals surface area contributed by atoms with Crippen molar-refractivity contribution in [3.63, 3.8) is 0 Å². The van der Waals surface area contributed by atoms with Gasteiger partial charge in [-0.2, -0.15) is 0 Å². The Morgan fingerprint density at radius 1 is 1.17 bits per heavy atom. The number of hydrogen-bond acceptors (Lipinski definition) is 9. The van der Waals surface area contributed by atoms with Crippen molar-refractivity contribution >= 4 is 51.0 Å². The minimum atomic E-state index is -0.214. The minimum absolute atomic E-state index is 0.0287. The second-order valence-corrected chi connectivity index (χ2v) is 10.9. The Labute approximate surface area is 213 Å². The number of carbonyl (C=O) groups is 2. The fraction of sp³-hybridized carbons (Fsp3) is 0.480. The second kappa shape index (κ2) is 9.20. The molecule has 1 aliphatic carbocycles. The number of fused-ring (bicyclic) bond motifs is 2. The van der Waals surface area contributed by atoms with Crippen molar-refractivity contribution in [2.45, 2.75) is 37.6 Å². The van der Waals surface area contributed by atoms with Gasteiger partial charge in [-0.25, -0.2) is 19.7 Å². The molecule has 0 aromatic carbocycles. The van der Waals surface area contributed by atoms with Gasteiger partial charge in [0.15, 0.2) is 0 Å². The molecule has 5 heterocycles. The monoisotopic (exact) mass is 507 g/mol. The number of piperazine rings is 1. The summed E-state index contributed by atoms with van der Waals surface area (Å²) < 4.78 is 6.10. The molecule has 3 aromatic rings. The number of thiophene rings is 1. The number of pyridine rings is 1. The largest absolute Gasteiger partial charge is 0.447 e. The van der Waals surface area contributed by atoms with Crippen molar-refractivity contribution in [3.05, 3.63) is 35.0 Å². The number of nitrogens with zero attached hydrogens (tertiary/aromatic N) is 6. The molecule has 3 aliphatic rings. The van der Waals surface area contributed by atoms with E-state index in [0.29, 0.717) is 30.8 Å². The molecule has 1 saturated carbocycles. The summed E-state index contributed by atoms with van der Waals surface area (Å²) in [5, 5.41) is 3.23. The first-order chi connectivity index (χ1) is 17.5. The maximum absolute atomic E-state index is 12.9. The van der Waals surface area contributed by atoms with E-state index in [-0.39, 0.29) is 18.0 Å². The molecule has 6 rings (SSSR count). The van der Waals surface area contributed by atoms with Gasteiger partial charge in [-0.3, -0.25) is 9.69 Å². The van der Waals surface area contributed by atoms with Gasteiger partial charge in [-0.15, -0.1) is 11.3 Å². The van der Waals surface area contributed by atoms with Crippen LogP contribution in [0.25, 0.3) is 10.2 Å². The van der Waals surface area contributed by atoms with E-state index in [9.17, 15) is 9.59 Å². The zero-order valence-corrected chi connectivity index (χ0v) is 21.3. The lowest BCUT2D eigenvalue weighted by Crippen LogP contribution is -2.52. The molecule has 0 spiro atoms. The van der Waals surface area contributed by atoms with E-state index < -0.39 is 0 Å². The van der Waals surface area contributed by atoms with Crippen molar-refractivity contribution in [3.8, 4) is 0 Å². The molecule has 0 radical (unpaired) electrons. The predicted octanol–water partition coefficient (Wildman–Crippen LogP) is 3.83. The molecule has 188 valence electrons. The van der Waals surface area contributed by atoms with Gasteiger partial charge in [0.05, 0.1) is 39.2 Å². The summed E-state index contributed by atoms with van der Waals surface area (Å²) in [6.45, 7) is 2.57. The maximum atomic E-state index is 12.9. The number of cyclic esters (lactones) is 1. The average molecular weight is 508 g/mol. The highest BCUT2D eigenvalue weighted by atomic mass is 32.1. The summed E-state index contributed by atoms with van der Waals surface area (Å²) >= 11 is 1.49. The Bertz CT molecular complexity index is 1300. The SMILES string of the molecule is CN(C)C(=O)c1sc2cnc(Nc3ccc(N4CCN5C(=O)OC[C@@H]5C4)cn3)nc2c1C1CCCC1. The molecule has 2 aliphatic heterocycles. The number of nitrogens with one attached hydrogen (secondary N) is 1. The normalized spacial score (nSPS) is 20.1. The summed E-state index contributed by atoms with van der Waals surface area (Å²) in [7, 11) is 3.58. The van der Waals surface area contributed by atoms with E-state index in [4.69, 9.17) is 9.72 Å².